The Labute approximate surface area is 61.6 Å². The van der Waals surface area contributed by atoms with Gasteiger partial charge in [0.05, 0.1) is 5.92 Å². The van der Waals surface area contributed by atoms with E-state index in [0.29, 0.717) is 0 Å². The van der Waals surface area contributed by atoms with Crippen molar-refractivity contribution in [3.05, 3.63) is 12.7 Å². The first-order valence-electron chi connectivity index (χ1n) is 3.52. The summed E-state index contributed by atoms with van der Waals surface area (Å²) in [5.74, 6) is -0.913. The van der Waals surface area contributed by atoms with E-state index in [1.165, 1.54) is 0 Å². The second kappa shape index (κ2) is 5.03. The summed E-state index contributed by atoms with van der Waals surface area (Å²) in [6.07, 6.45) is 4.41. The normalized spacial score (nSPS) is 12.5. The molecule has 0 fully saturated rings. The molecule has 0 spiro atoms. The van der Waals surface area contributed by atoms with Crippen LogP contribution < -0.4 is 0 Å². The minimum absolute atomic E-state index is 0.208. The van der Waals surface area contributed by atoms with Gasteiger partial charge in [-0.3, -0.25) is 4.79 Å². The van der Waals surface area contributed by atoms with Gasteiger partial charge in [0.1, 0.15) is 0 Å². The van der Waals surface area contributed by atoms with Crippen LogP contribution in [-0.2, 0) is 4.79 Å². The Bertz CT molecular complexity index is 118. The molecule has 2 nitrogen and oxygen atoms in total. The van der Waals surface area contributed by atoms with Crippen molar-refractivity contribution in [2.75, 3.05) is 0 Å². The van der Waals surface area contributed by atoms with Crippen molar-refractivity contribution in [2.24, 2.45) is 5.92 Å². The van der Waals surface area contributed by atoms with Gasteiger partial charge < -0.3 is 5.11 Å². The van der Waals surface area contributed by atoms with E-state index in [1.54, 1.807) is 6.92 Å². The maximum atomic E-state index is 10.3. The van der Waals surface area contributed by atoms with Crippen molar-refractivity contribution >= 4 is 5.97 Å². The number of aliphatic carboxylic acids is 1. The first-order valence-corrected chi connectivity index (χ1v) is 3.52. The third kappa shape index (κ3) is 4.13. The van der Waals surface area contributed by atoms with E-state index in [-0.39, 0.29) is 5.92 Å². The first kappa shape index (κ1) is 9.21. The predicted octanol–water partition coefficient (Wildman–Crippen LogP) is 2.06. The van der Waals surface area contributed by atoms with Crippen molar-refractivity contribution in [2.45, 2.75) is 26.2 Å². The van der Waals surface area contributed by atoms with Crippen molar-refractivity contribution < 1.29 is 9.90 Å². The van der Waals surface area contributed by atoms with Gasteiger partial charge in [0.15, 0.2) is 0 Å². The largest absolute Gasteiger partial charge is 0.481 e. The van der Waals surface area contributed by atoms with Crippen molar-refractivity contribution in [3.63, 3.8) is 0 Å². The summed E-state index contributed by atoms with van der Waals surface area (Å²) in [5.41, 5.74) is 0. The third-order valence-electron chi connectivity index (χ3n) is 1.47. The molecule has 0 aromatic carbocycles. The zero-order chi connectivity index (χ0) is 7.98. The molecule has 1 atom stereocenters. The molecule has 0 radical (unpaired) electrons. The van der Waals surface area contributed by atoms with Gasteiger partial charge in [-0.15, -0.1) is 6.58 Å². The summed E-state index contributed by atoms with van der Waals surface area (Å²) in [4.78, 5) is 10.3. The lowest BCUT2D eigenvalue weighted by atomic mass is 10.0. The standard InChI is InChI=1S/C8H14O2/c1-3-4-5-6-7(2)8(9)10/h3,7H,1,4-6H2,2H3,(H,9,10)/t7-/m0/s1. The third-order valence-corrected chi connectivity index (χ3v) is 1.47. The van der Waals surface area contributed by atoms with Crippen LogP contribution in [0.4, 0.5) is 0 Å². The van der Waals surface area contributed by atoms with E-state index >= 15 is 0 Å². The van der Waals surface area contributed by atoms with Crippen LogP contribution in [0.1, 0.15) is 26.2 Å². The van der Waals surface area contributed by atoms with Crippen LogP contribution in [0.5, 0.6) is 0 Å². The van der Waals surface area contributed by atoms with Crippen LogP contribution in [0.2, 0.25) is 0 Å². The first-order chi connectivity index (χ1) is 4.68. The SMILES string of the molecule is C=CCCC[C@H](C)C(=O)O. The van der Waals surface area contributed by atoms with E-state index in [0.717, 1.165) is 19.3 Å². The lowest BCUT2D eigenvalue weighted by Gasteiger charge is -2.02. The Morgan fingerprint density at radius 1 is 1.80 bits per heavy atom. The van der Waals surface area contributed by atoms with Crippen LogP contribution in [0.15, 0.2) is 12.7 Å². The summed E-state index contributed by atoms with van der Waals surface area (Å²) in [6.45, 7) is 5.28. The number of rotatable bonds is 5. The van der Waals surface area contributed by atoms with Crippen LogP contribution in [-0.4, -0.2) is 11.1 Å². The number of hydrogen-bond donors (Lipinski definition) is 1. The highest BCUT2D eigenvalue weighted by molar-refractivity contribution is 5.69. The lowest BCUT2D eigenvalue weighted by molar-refractivity contribution is -0.141. The molecule has 0 aliphatic carbocycles. The van der Waals surface area contributed by atoms with Gasteiger partial charge >= 0.3 is 5.97 Å². The number of unbranched alkanes of at least 4 members (excludes halogenated alkanes) is 1. The van der Waals surface area contributed by atoms with E-state index in [2.05, 4.69) is 6.58 Å². The molecule has 0 aliphatic heterocycles. The van der Waals surface area contributed by atoms with Gasteiger partial charge in [0.2, 0.25) is 0 Å². The fourth-order valence-electron chi connectivity index (χ4n) is 0.692. The van der Waals surface area contributed by atoms with E-state index < -0.39 is 5.97 Å². The molecule has 1 N–H and O–H groups in total. The van der Waals surface area contributed by atoms with Gasteiger partial charge in [-0.2, -0.15) is 0 Å². The number of carboxylic acid groups (broad SMARTS) is 1. The summed E-state index contributed by atoms with van der Waals surface area (Å²) >= 11 is 0. The number of hydrogen-bond acceptors (Lipinski definition) is 1. The summed E-state index contributed by atoms with van der Waals surface area (Å²) in [6, 6.07) is 0. The fraction of sp³-hybridized carbons (Fsp3) is 0.625. The molecule has 58 valence electrons. The second-order valence-electron chi connectivity index (χ2n) is 2.46. The predicted molar refractivity (Wildman–Crippen MR) is 40.8 cm³/mol. The Morgan fingerprint density at radius 3 is 2.80 bits per heavy atom. The summed E-state index contributed by atoms with van der Waals surface area (Å²) < 4.78 is 0. The molecular weight excluding hydrogens is 128 g/mol. The molecule has 0 aromatic heterocycles. The quantitative estimate of drug-likeness (QED) is 0.471. The van der Waals surface area contributed by atoms with Gasteiger partial charge in [-0.05, 0) is 19.3 Å². The van der Waals surface area contributed by atoms with Gasteiger partial charge in [0.25, 0.3) is 0 Å². The minimum atomic E-state index is -0.705. The lowest BCUT2D eigenvalue weighted by Crippen LogP contribution is -2.08. The highest BCUT2D eigenvalue weighted by atomic mass is 16.4. The van der Waals surface area contributed by atoms with Gasteiger partial charge in [0, 0.05) is 0 Å². The monoisotopic (exact) mass is 142 g/mol. The van der Waals surface area contributed by atoms with E-state index in [9.17, 15) is 4.79 Å². The maximum absolute atomic E-state index is 10.3. The number of carboxylic acids is 1. The average molecular weight is 142 g/mol. The molecule has 0 aromatic rings. The molecule has 0 saturated carbocycles. The summed E-state index contributed by atoms with van der Waals surface area (Å²) in [5, 5.41) is 8.46. The van der Waals surface area contributed by atoms with Crippen LogP contribution >= 0.6 is 0 Å². The zero-order valence-corrected chi connectivity index (χ0v) is 6.34. The molecule has 0 unspecified atom stereocenters. The fourth-order valence-corrected chi connectivity index (χ4v) is 0.692. The molecule has 2 heteroatoms. The Balaban J connectivity index is 3.30. The molecule has 0 amide bonds. The Hall–Kier alpha value is -0.790. The second-order valence-corrected chi connectivity index (χ2v) is 2.46. The average Bonchev–Trinajstić information content (AvgIpc) is 1.88. The molecule has 0 bridgehead atoms. The molecular formula is C8H14O2. The molecule has 0 heterocycles. The zero-order valence-electron chi connectivity index (χ0n) is 6.34. The summed E-state index contributed by atoms with van der Waals surface area (Å²) in [7, 11) is 0. The van der Waals surface area contributed by atoms with Gasteiger partial charge in [-0.1, -0.05) is 13.0 Å². The molecule has 0 saturated heterocycles. The van der Waals surface area contributed by atoms with E-state index in [1.807, 2.05) is 6.08 Å². The van der Waals surface area contributed by atoms with Crippen LogP contribution in [0.25, 0.3) is 0 Å². The topological polar surface area (TPSA) is 37.3 Å². The van der Waals surface area contributed by atoms with E-state index in [4.69, 9.17) is 5.11 Å². The highest BCUT2D eigenvalue weighted by Crippen LogP contribution is 2.07. The van der Waals surface area contributed by atoms with Gasteiger partial charge in [-0.25, -0.2) is 0 Å². The van der Waals surface area contributed by atoms with Crippen LogP contribution in [0, 0.1) is 5.92 Å². The minimum Gasteiger partial charge on any atom is -0.481 e. The number of carbonyl (C=O) groups is 1. The molecule has 10 heavy (non-hydrogen) atoms. The molecule has 0 rings (SSSR count). The Morgan fingerprint density at radius 2 is 2.40 bits per heavy atom. The molecule has 0 aliphatic rings. The Kier molecular flexibility index (Phi) is 4.63. The van der Waals surface area contributed by atoms with Crippen molar-refractivity contribution in [1.82, 2.24) is 0 Å². The number of allylic oxidation sites excluding steroid dienone is 1. The maximum Gasteiger partial charge on any atom is 0.306 e. The highest BCUT2D eigenvalue weighted by Gasteiger charge is 2.08. The van der Waals surface area contributed by atoms with Crippen LogP contribution in [0.3, 0.4) is 0 Å². The smallest absolute Gasteiger partial charge is 0.306 e. The van der Waals surface area contributed by atoms with Crippen molar-refractivity contribution in [1.29, 1.82) is 0 Å². The van der Waals surface area contributed by atoms with Crippen molar-refractivity contribution in [3.8, 4) is 0 Å².